The molecule has 0 saturated heterocycles. The summed E-state index contributed by atoms with van der Waals surface area (Å²) >= 11 is 0. The number of hydrogen-bond donors (Lipinski definition) is 0. The van der Waals surface area contributed by atoms with Crippen molar-refractivity contribution in [3.05, 3.63) is 35.9 Å². The highest BCUT2D eigenvalue weighted by molar-refractivity contribution is 6.24. The molecule has 0 spiro atoms. The molecule has 1 aliphatic rings. The van der Waals surface area contributed by atoms with Crippen molar-refractivity contribution in [1.82, 2.24) is 0 Å². The molecule has 3 nitrogen and oxygen atoms in total. The van der Waals surface area contributed by atoms with Gasteiger partial charge in [-0.15, -0.1) is 0 Å². The second-order valence-corrected chi connectivity index (χ2v) is 2.81. The summed E-state index contributed by atoms with van der Waals surface area (Å²) in [6.07, 6.45) is 0. The van der Waals surface area contributed by atoms with Crippen molar-refractivity contribution >= 4 is 11.7 Å². The lowest BCUT2D eigenvalue weighted by Gasteiger charge is -1.94. The number of methoxy groups -OCH3 is 1. The minimum atomic E-state index is -0.354. The molecule has 0 fully saturated rings. The van der Waals surface area contributed by atoms with E-state index in [-0.39, 0.29) is 12.0 Å². The summed E-state index contributed by atoms with van der Waals surface area (Å²) in [5.41, 5.74) is 1.82. The number of benzene rings is 1. The van der Waals surface area contributed by atoms with Crippen molar-refractivity contribution in [1.29, 1.82) is 0 Å². The summed E-state index contributed by atoms with van der Waals surface area (Å²) in [4.78, 5) is 15.1. The predicted octanol–water partition coefficient (Wildman–Crippen LogP) is 1.03. The Morgan fingerprint density at radius 3 is 2.69 bits per heavy atom. The molecule has 1 aromatic carbocycles. The number of nitrogens with zero attached hydrogens (tertiary/aromatic N) is 1. The first kappa shape index (κ1) is 7.98. The zero-order chi connectivity index (χ0) is 9.26. The molecule has 3 heteroatoms. The molecule has 66 valence electrons. The van der Waals surface area contributed by atoms with Gasteiger partial charge in [0, 0.05) is 0 Å². The van der Waals surface area contributed by atoms with Crippen LogP contribution < -0.4 is 0 Å². The summed E-state index contributed by atoms with van der Waals surface area (Å²) in [5, 5.41) is 0. The highest BCUT2D eigenvalue weighted by Crippen LogP contribution is 2.20. The molecule has 1 unspecified atom stereocenters. The predicted molar refractivity (Wildman–Crippen MR) is 48.8 cm³/mol. The number of carbonyl (C=O) groups is 1. The third-order valence-corrected chi connectivity index (χ3v) is 1.95. The Morgan fingerprint density at radius 1 is 1.38 bits per heavy atom. The van der Waals surface area contributed by atoms with E-state index in [2.05, 4.69) is 9.73 Å². The molecular weight excluding hydrogens is 166 g/mol. The lowest BCUT2D eigenvalue weighted by molar-refractivity contribution is -0.139. The standard InChI is InChI=1S/C10H9NO2/c1-13-10(12)9-8(11-9)7-5-3-2-4-6-7/h2-6,9H,1H3. The summed E-state index contributed by atoms with van der Waals surface area (Å²) in [5.74, 6) is -0.279. The largest absolute Gasteiger partial charge is 0.467 e. The SMILES string of the molecule is COC(=O)C1N=C1c1ccccc1. The van der Waals surface area contributed by atoms with Gasteiger partial charge in [0.05, 0.1) is 12.8 Å². The fourth-order valence-electron chi connectivity index (χ4n) is 1.22. The zero-order valence-corrected chi connectivity index (χ0v) is 7.23. The molecule has 0 amide bonds. The van der Waals surface area contributed by atoms with Crippen LogP contribution in [-0.4, -0.2) is 24.8 Å². The fraction of sp³-hybridized carbons (Fsp3) is 0.200. The van der Waals surface area contributed by atoms with Gasteiger partial charge >= 0.3 is 5.97 Å². The van der Waals surface area contributed by atoms with Crippen molar-refractivity contribution in [3.63, 3.8) is 0 Å². The number of ether oxygens (including phenoxy) is 1. The topological polar surface area (TPSA) is 38.7 Å². The minimum Gasteiger partial charge on any atom is -0.467 e. The smallest absolute Gasteiger partial charge is 0.336 e. The van der Waals surface area contributed by atoms with Gasteiger partial charge in [-0.2, -0.15) is 0 Å². The van der Waals surface area contributed by atoms with Gasteiger partial charge in [-0.05, 0) is 5.56 Å². The maximum Gasteiger partial charge on any atom is 0.336 e. The second-order valence-electron chi connectivity index (χ2n) is 2.81. The van der Waals surface area contributed by atoms with Gasteiger partial charge in [0.1, 0.15) is 0 Å². The van der Waals surface area contributed by atoms with E-state index in [1.807, 2.05) is 30.3 Å². The van der Waals surface area contributed by atoms with E-state index in [0.29, 0.717) is 0 Å². The van der Waals surface area contributed by atoms with Gasteiger partial charge in [0.2, 0.25) is 0 Å². The number of rotatable bonds is 2. The number of hydrogen-bond acceptors (Lipinski definition) is 3. The molecule has 0 bridgehead atoms. The Balaban J connectivity index is 2.08. The van der Waals surface area contributed by atoms with Crippen LogP contribution in [0.5, 0.6) is 0 Å². The first-order chi connectivity index (χ1) is 6.33. The maximum atomic E-state index is 11.0. The van der Waals surface area contributed by atoms with Crippen LogP contribution in [0.4, 0.5) is 0 Å². The first-order valence-corrected chi connectivity index (χ1v) is 4.04. The van der Waals surface area contributed by atoms with Gasteiger partial charge in [-0.1, -0.05) is 30.3 Å². The van der Waals surface area contributed by atoms with E-state index < -0.39 is 0 Å². The van der Waals surface area contributed by atoms with Gasteiger partial charge in [-0.25, -0.2) is 4.79 Å². The van der Waals surface area contributed by atoms with Crippen LogP contribution in [0.3, 0.4) is 0 Å². The maximum absolute atomic E-state index is 11.0. The van der Waals surface area contributed by atoms with Crippen molar-refractivity contribution in [2.24, 2.45) is 4.99 Å². The highest BCUT2D eigenvalue weighted by Gasteiger charge is 2.36. The van der Waals surface area contributed by atoms with Crippen LogP contribution in [-0.2, 0) is 9.53 Å². The molecule has 0 radical (unpaired) electrons. The molecule has 1 heterocycles. The quantitative estimate of drug-likeness (QED) is 0.630. The highest BCUT2D eigenvalue weighted by atomic mass is 16.5. The molecule has 1 atom stereocenters. The minimum absolute atomic E-state index is 0.279. The molecule has 1 aliphatic heterocycles. The molecule has 1 aromatic rings. The van der Waals surface area contributed by atoms with Crippen LogP contribution in [0.25, 0.3) is 0 Å². The van der Waals surface area contributed by atoms with Crippen molar-refractivity contribution in [2.75, 3.05) is 7.11 Å². The van der Waals surface area contributed by atoms with Gasteiger partial charge in [-0.3, -0.25) is 4.99 Å². The monoisotopic (exact) mass is 175 g/mol. The number of esters is 1. The summed E-state index contributed by atoms with van der Waals surface area (Å²) < 4.78 is 4.57. The molecule has 2 rings (SSSR count). The second kappa shape index (κ2) is 3.01. The van der Waals surface area contributed by atoms with Crippen molar-refractivity contribution in [2.45, 2.75) is 6.04 Å². The van der Waals surface area contributed by atoms with E-state index in [4.69, 9.17) is 0 Å². The molecule has 13 heavy (non-hydrogen) atoms. The summed E-state index contributed by atoms with van der Waals surface area (Å²) in [6.45, 7) is 0. The van der Waals surface area contributed by atoms with Crippen molar-refractivity contribution < 1.29 is 9.53 Å². The molecule has 0 aliphatic carbocycles. The Labute approximate surface area is 76.1 Å². The van der Waals surface area contributed by atoms with Gasteiger partial charge < -0.3 is 4.74 Å². The zero-order valence-electron chi connectivity index (χ0n) is 7.23. The lowest BCUT2D eigenvalue weighted by atomic mass is 10.1. The van der Waals surface area contributed by atoms with Crippen LogP contribution >= 0.6 is 0 Å². The van der Waals surface area contributed by atoms with Crippen LogP contribution in [0, 0.1) is 0 Å². The average molecular weight is 175 g/mol. The average Bonchev–Trinajstić information content (AvgIpc) is 2.98. The Morgan fingerprint density at radius 2 is 2.08 bits per heavy atom. The first-order valence-electron chi connectivity index (χ1n) is 4.04. The fourth-order valence-corrected chi connectivity index (χ4v) is 1.22. The van der Waals surface area contributed by atoms with E-state index in [1.54, 1.807) is 0 Å². The number of carbonyl (C=O) groups excluding carboxylic acids is 1. The van der Waals surface area contributed by atoms with E-state index in [1.165, 1.54) is 7.11 Å². The molecule has 0 N–H and O–H groups in total. The molecular formula is C10H9NO2. The van der Waals surface area contributed by atoms with Crippen LogP contribution in [0.15, 0.2) is 35.3 Å². The third kappa shape index (κ3) is 1.45. The molecule has 0 aromatic heterocycles. The van der Waals surface area contributed by atoms with E-state index >= 15 is 0 Å². The normalized spacial score (nSPS) is 19.2. The van der Waals surface area contributed by atoms with E-state index in [9.17, 15) is 4.79 Å². The van der Waals surface area contributed by atoms with Crippen LogP contribution in [0.1, 0.15) is 5.56 Å². The lowest BCUT2D eigenvalue weighted by Crippen LogP contribution is -2.14. The Bertz CT molecular complexity index is 356. The molecule has 0 saturated carbocycles. The third-order valence-electron chi connectivity index (χ3n) is 1.95. The van der Waals surface area contributed by atoms with Crippen LogP contribution in [0.2, 0.25) is 0 Å². The van der Waals surface area contributed by atoms with Crippen molar-refractivity contribution in [3.8, 4) is 0 Å². The summed E-state index contributed by atoms with van der Waals surface area (Å²) in [6, 6.07) is 9.28. The summed E-state index contributed by atoms with van der Waals surface area (Å²) in [7, 11) is 1.37. The number of aliphatic imine (C=N–C) groups is 1. The van der Waals surface area contributed by atoms with E-state index in [0.717, 1.165) is 11.3 Å². The Hall–Kier alpha value is -1.64. The van der Waals surface area contributed by atoms with Gasteiger partial charge in [0.25, 0.3) is 0 Å². The van der Waals surface area contributed by atoms with Gasteiger partial charge in [0.15, 0.2) is 6.04 Å². The Kier molecular flexibility index (Phi) is 1.85.